The zero-order valence-corrected chi connectivity index (χ0v) is 12.3. The second-order valence-corrected chi connectivity index (χ2v) is 5.15. The molecule has 6 heteroatoms. The molecule has 5 nitrogen and oxygen atoms in total. The highest BCUT2D eigenvalue weighted by molar-refractivity contribution is 6.16. The summed E-state index contributed by atoms with van der Waals surface area (Å²) in [5, 5.41) is 4.19. The van der Waals surface area contributed by atoms with Crippen LogP contribution in [0.5, 0.6) is 0 Å². The van der Waals surface area contributed by atoms with Crippen molar-refractivity contribution in [3.05, 3.63) is 41.6 Å². The van der Waals surface area contributed by atoms with Gasteiger partial charge in [-0.15, -0.1) is 11.6 Å². The van der Waals surface area contributed by atoms with Crippen LogP contribution in [0.15, 0.2) is 24.7 Å². The lowest BCUT2D eigenvalue weighted by Gasteiger charge is -2.05. The summed E-state index contributed by atoms with van der Waals surface area (Å²) in [4.78, 5) is 9.04. The maximum Gasteiger partial charge on any atom is 0.160 e. The third-order valence-corrected chi connectivity index (χ3v) is 3.66. The molecule has 104 valence electrons. The Morgan fingerprint density at radius 2 is 2.20 bits per heavy atom. The highest BCUT2D eigenvalue weighted by Crippen LogP contribution is 2.19. The highest BCUT2D eigenvalue weighted by atomic mass is 35.5. The fraction of sp³-hybridized carbons (Fsp3) is 0.357. The average Bonchev–Trinajstić information content (AvgIpc) is 3.01. The van der Waals surface area contributed by atoms with Crippen molar-refractivity contribution in [3.63, 3.8) is 0 Å². The maximum absolute atomic E-state index is 6.01. The number of hydrogen-bond donors (Lipinski definition) is 0. The molecule has 0 saturated heterocycles. The zero-order valence-electron chi connectivity index (χ0n) is 11.5. The van der Waals surface area contributed by atoms with E-state index in [1.54, 1.807) is 0 Å². The smallest absolute Gasteiger partial charge is 0.160 e. The Balaban J connectivity index is 1.95. The predicted octanol–water partition coefficient (Wildman–Crippen LogP) is 2.45. The van der Waals surface area contributed by atoms with Gasteiger partial charge in [0.2, 0.25) is 0 Å². The molecule has 0 amide bonds. The Morgan fingerprint density at radius 1 is 1.35 bits per heavy atom. The van der Waals surface area contributed by atoms with Crippen molar-refractivity contribution in [1.29, 1.82) is 0 Å². The molecule has 0 aliphatic rings. The van der Waals surface area contributed by atoms with E-state index in [-0.39, 0.29) is 0 Å². The molecule has 3 aromatic rings. The molecule has 0 saturated carbocycles. The molecule has 0 aromatic carbocycles. The van der Waals surface area contributed by atoms with E-state index in [1.807, 2.05) is 43.3 Å². The third kappa shape index (κ3) is 2.29. The molecule has 3 heterocycles. The molecule has 20 heavy (non-hydrogen) atoms. The molecular formula is C14H16ClN5. The van der Waals surface area contributed by atoms with Crippen molar-refractivity contribution < 1.29 is 0 Å². The number of halogens is 1. The Bertz CT molecular complexity index is 743. The summed E-state index contributed by atoms with van der Waals surface area (Å²) in [5.74, 6) is 1.26. The number of aromatic nitrogens is 5. The SMILES string of the molecule is Cc1ccnc2c1nc(CCl)n2CCc1cnn(C)c1. The van der Waals surface area contributed by atoms with Crippen LogP contribution >= 0.6 is 11.6 Å². The summed E-state index contributed by atoms with van der Waals surface area (Å²) >= 11 is 6.01. The monoisotopic (exact) mass is 289 g/mol. The summed E-state index contributed by atoms with van der Waals surface area (Å²) < 4.78 is 3.91. The standard InChI is InChI=1S/C14H16ClN5/c1-10-3-5-16-14-13(10)18-12(7-15)20(14)6-4-11-8-17-19(2)9-11/h3,5,8-9H,4,6-7H2,1-2H3. The van der Waals surface area contributed by atoms with Gasteiger partial charge in [0.1, 0.15) is 11.3 Å². The fourth-order valence-corrected chi connectivity index (χ4v) is 2.57. The van der Waals surface area contributed by atoms with Crippen molar-refractivity contribution in [2.75, 3.05) is 0 Å². The van der Waals surface area contributed by atoms with Crippen LogP contribution in [-0.2, 0) is 25.9 Å². The van der Waals surface area contributed by atoms with Gasteiger partial charge in [0, 0.05) is 26.0 Å². The minimum Gasteiger partial charge on any atom is -0.311 e. The Labute approximate surface area is 122 Å². The Kier molecular flexibility index (Phi) is 3.44. The lowest BCUT2D eigenvalue weighted by atomic mass is 10.2. The lowest BCUT2D eigenvalue weighted by molar-refractivity contribution is 0.681. The van der Waals surface area contributed by atoms with Crippen molar-refractivity contribution in [3.8, 4) is 0 Å². The maximum atomic E-state index is 6.01. The first-order valence-electron chi connectivity index (χ1n) is 6.53. The minimum absolute atomic E-state index is 0.392. The summed E-state index contributed by atoms with van der Waals surface area (Å²) in [7, 11) is 1.92. The minimum atomic E-state index is 0.392. The van der Waals surface area contributed by atoms with Gasteiger partial charge < -0.3 is 4.57 Å². The van der Waals surface area contributed by atoms with E-state index in [0.29, 0.717) is 5.88 Å². The van der Waals surface area contributed by atoms with Gasteiger partial charge in [-0.25, -0.2) is 9.97 Å². The molecule has 0 N–H and O–H groups in total. The first-order valence-corrected chi connectivity index (χ1v) is 7.06. The fourth-order valence-electron chi connectivity index (χ4n) is 2.36. The van der Waals surface area contributed by atoms with Gasteiger partial charge in [0.05, 0.1) is 12.1 Å². The van der Waals surface area contributed by atoms with Crippen molar-refractivity contribution in [1.82, 2.24) is 24.3 Å². The number of nitrogens with zero attached hydrogens (tertiary/aromatic N) is 5. The van der Waals surface area contributed by atoms with E-state index in [9.17, 15) is 0 Å². The van der Waals surface area contributed by atoms with Crippen LogP contribution in [0.4, 0.5) is 0 Å². The van der Waals surface area contributed by atoms with Crippen LogP contribution in [0.25, 0.3) is 11.2 Å². The largest absolute Gasteiger partial charge is 0.311 e. The predicted molar refractivity (Wildman–Crippen MR) is 78.7 cm³/mol. The van der Waals surface area contributed by atoms with Gasteiger partial charge in [-0.1, -0.05) is 0 Å². The average molecular weight is 290 g/mol. The Morgan fingerprint density at radius 3 is 2.90 bits per heavy atom. The molecule has 0 spiro atoms. The number of alkyl halides is 1. The van der Waals surface area contributed by atoms with Crippen LogP contribution < -0.4 is 0 Å². The van der Waals surface area contributed by atoms with Crippen LogP contribution in [0, 0.1) is 6.92 Å². The number of aryl methyl sites for hydroxylation is 4. The number of hydrogen-bond acceptors (Lipinski definition) is 3. The first-order chi connectivity index (χ1) is 9.69. The van der Waals surface area contributed by atoms with E-state index in [2.05, 4.69) is 19.6 Å². The summed E-state index contributed by atoms with van der Waals surface area (Å²) in [6.45, 7) is 2.85. The van der Waals surface area contributed by atoms with Gasteiger partial charge in [-0.05, 0) is 30.5 Å². The number of pyridine rings is 1. The third-order valence-electron chi connectivity index (χ3n) is 3.42. The molecule has 0 radical (unpaired) electrons. The van der Waals surface area contributed by atoms with Crippen molar-refractivity contribution in [2.24, 2.45) is 7.05 Å². The molecule has 3 aromatic heterocycles. The van der Waals surface area contributed by atoms with Crippen molar-refractivity contribution >= 4 is 22.8 Å². The molecule has 3 rings (SSSR count). The van der Waals surface area contributed by atoms with Gasteiger partial charge in [-0.3, -0.25) is 4.68 Å². The van der Waals surface area contributed by atoms with E-state index in [4.69, 9.17) is 11.6 Å². The van der Waals surface area contributed by atoms with Crippen LogP contribution in [-0.4, -0.2) is 24.3 Å². The van der Waals surface area contributed by atoms with Gasteiger partial charge in [0.25, 0.3) is 0 Å². The van der Waals surface area contributed by atoms with E-state index < -0.39 is 0 Å². The summed E-state index contributed by atoms with van der Waals surface area (Å²) in [6, 6.07) is 1.97. The second-order valence-electron chi connectivity index (χ2n) is 4.89. The quantitative estimate of drug-likeness (QED) is 0.693. The van der Waals surface area contributed by atoms with Crippen LogP contribution in [0.1, 0.15) is 17.0 Å². The Hall–Kier alpha value is -1.88. The molecule has 0 aliphatic heterocycles. The molecule has 0 atom stereocenters. The summed E-state index contributed by atoms with van der Waals surface area (Å²) in [5.41, 5.74) is 4.17. The van der Waals surface area contributed by atoms with Crippen LogP contribution in [0.2, 0.25) is 0 Å². The summed E-state index contributed by atoms with van der Waals surface area (Å²) in [6.07, 6.45) is 6.62. The molecule has 0 unspecified atom stereocenters. The van der Waals surface area contributed by atoms with E-state index in [1.165, 1.54) is 5.56 Å². The number of fused-ring (bicyclic) bond motifs is 1. The molecule has 0 bridgehead atoms. The topological polar surface area (TPSA) is 48.5 Å². The number of imidazole rings is 1. The van der Waals surface area contributed by atoms with Gasteiger partial charge >= 0.3 is 0 Å². The first kappa shape index (κ1) is 13.1. The number of rotatable bonds is 4. The van der Waals surface area contributed by atoms with E-state index in [0.717, 1.165) is 35.5 Å². The van der Waals surface area contributed by atoms with Gasteiger partial charge in [-0.2, -0.15) is 5.10 Å². The highest BCUT2D eigenvalue weighted by Gasteiger charge is 2.12. The van der Waals surface area contributed by atoms with Crippen LogP contribution in [0.3, 0.4) is 0 Å². The van der Waals surface area contributed by atoms with Crippen molar-refractivity contribution in [2.45, 2.75) is 25.8 Å². The molecule has 0 aliphatic carbocycles. The zero-order chi connectivity index (χ0) is 14.1. The normalized spacial score (nSPS) is 11.3. The second kappa shape index (κ2) is 5.25. The van der Waals surface area contributed by atoms with E-state index >= 15 is 0 Å². The van der Waals surface area contributed by atoms with Gasteiger partial charge in [0.15, 0.2) is 5.65 Å². The lowest BCUT2D eigenvalue weighted by Crippen LogP contribution is -2.05. The molecular weight excluding hydrogens is 274 g/mol. The molecule has 0 fully saturated rings.